The van der Waals surface area contributed by atoms with Crippen LogP contribution in [0.2, 0.25) is 0 Å². The van der Waals surface area contributed by atoms with E-state index in [0.717, 1.165) is 64.2 Å². The Labute approximate surface area is 319 Å². The molecule has 0 saturated carbocycles. The maximum absolute atomic E-state index is 11.0. The highest BCUT2D eigenvalue weighted by atomic mass is 16.5. The summed E-state index contributed by atoms with van der Waals surface area (Å²) >= 11 is 0. The molecule has 0 amide bonds. The van der Waals surface area contributed by atoms with E-state index >= 15 is 0 Å². The molecule has 0 aliphatic carbocycles. The second kappa shape index (κ2) is 41.1. The molecule has 0 aromatic carbocycles. The molecule has 0 fully saturated rings. The van der Waals surface area contributed by atoms with Gasteiger partial charge in [-0.2, -0.15) is 0 Å². The Morgan fingerprint density at radius 2 is 0.596 bits per heavy atom. The van der Waals surface area contributed by atoms with Crippen LogP contribution < -0.4 is 0 Å². The number of allylic oxidation sites excluding steroid dienone is 4. The van der Waals surface area contributed by atoms with Crippen molar-refractivity contribution in [1.29, 1.82) is 0 Å². The molecule has 0 aliphatic rings. The molecule has 2 N–H and O–H groups in total. The first kappa shape index (κ1) is 51.5. The standard InChI is InChI=1S/2C22H40O4/c1-19(15-11-7-3-5-9-13-17-21(23)24)20(2)16-12-8-4-6-10-14-18-22(25)26;1-25-21(23)19-17-15-13-11-9-7-5-3-4-6-8-10-12-14-16-18-20-22(24)26-2/h3-18H2,1-2H3,(H,23,24)(H,25,26);3-4H,5-20H2,1-2H3. The summed E-state index contributed by atoms with van der Waals surface area (Å²) in [5, 5.41) is 17.2. The molecule has 0 aromatic rings. The van der Waals surface area contributed by atoms with Crippen LogP contribution in [-0.2, 0) is 28.7 Å². The Balaban J connectivity index is 0. The van der Waals surface area contributed by atoms with E-state index in [-0.39, 0.29) is 11.9 Å². The first-order chi connectivity index (χ1) is 25.1. The number of unbranched alkanes of at least 4 members (excludes halogenated alkanes) is 22. The van der Waals surface area contributed by atoms with Crippen molar-refractivity contribution in [2.45, 2.75) is 219 Å². The molecule has 52 heavy (non-hydrogen) atoms. The third-order valence-corrected chi connectivity index (χ3v) is 9.74. The Morgan fingerprint density at radius 3 is 0.865 bits per heavy atom. The second-order valence-electron chi connectivity index (χ2n) is 14.5. The summed E-state index contributed by atoms with van der Waals surface area (Å²) in [4.78, 5) is 42.8. The highest BCUT2D eigenvalue weighted by Gasteiger charge is 2.02. The van der Waals surface area contributed by atoms with E-state index in [2.05, 4.69) is 35.5 Å². The van der Waals surface area contributed by atoms with E-state index in [0.29, 0.717) is 25.7 Å². The first-order valence-electron chi connectivity index (χ1n) is 21.0. The molecule has 0 atom stereocenters. The Hall–Kier alpha value is -2.64. The van der Waals surface area contributed by atoms with Crippen molar-refractivity contribution < 1.29 is 38.9 Å². The Kier molecular flexibility index (Phi) is 40.7. The van der Waals surface area contributed by atoms with Crippen LogP contribution in [0.5, 0.6) is 0 Å². The van der Waals surface area contributed by atoms with Crippen LogP contribution in [0.1, 0.15) is 219 Å². The van der Waals surface area contributed by atoms with Crippen LogP contribution in [0.25, 0.3) is 0 Å². The number of esters is 2. The molecule has 8 nitrogen and oxygen atoms in total. The third-order valence-electron chi connectivity index (χ3n) is 9.74. The van der Waals surface area contributed by atoms with Crippen molar-refractivity contribution in [3.8, 4) is 0 Å². The van der Waals surface area contributed by atoms with Gasteiger partial charge in [0.2, 0.25) is 0 Å². The zero-order valence-corrected chi connectivity index (χ0v) is 34.1. The molecular weight excluding hydrogens is 656 g/mol. The summed E-state index contributed by atoms with van der Waals surface area (Å²) in [5.41, 5.74) is 3.08. The van der Waals surface area contributed by atoms with Crippen molar-refractivity contribution >= 4 is 23.9 Å². The highest BCUT2D eigenvalue weighted by Crippen LogP contribution is 2.20. The van der Waals surface area contributed by atoms with Gasteiger partial charge < -0.3 is 19.7 Å². The van der Waals surface area contributed by atoms with E-state index in [1.807, 2.05) is 0 Å². The minimum Gasteiger partial charge on any atom is -0.481 e. The highest BCUT2D eigenvalue weighted by molar-refractivity contribution is 5.69. The fourth-order valence-corrected chi connectivity index (χ4v) is 6.09. The minimum atomic E-state index is -0.681. The van der Waals surface area contributed by atoms with Crippen LogP contribution in [0.4, 0.5) is 0 Å². The number of ether oxygens (including phenoxy) is 2. The number of hydrogen-bond acceptors (Lipinski definition) is 6. The fraction of sp³-hybridized carbons (Fsp3) is 0.818. The molecule has 0 spiro atoms. The molecule has 0 unspecified atom stereocenters. The monoisotopic (exact) mass is 737 g/mol. The molecule has 0 aromatic heterocycles. The van der Waals surface area contributed by atoms with Gasteiger partial charge in [0.05, 0.1) is 14.2 Å². The predicted octanol–water partition coefficient (Wildman–Crippen LogP) is 12.9. The number of rotatable bonds is 36. The topological polar surface area (TPSA) is 127 Å². The number of carbonyl (C=O) groups excluding carboxylic acids is 2. The van der Waals surface area contributed by atoms with Crippen molar-refractivity contribution in [2.24, 2.45) is 0 Å². The number of methoxy groups -OCH3 is 2. The number of aliphatic carboxylic acids is 2. The van der Waals surface area contributed by atoms with Gasteiger partial charge in [0.15, 0.2) is 0 Å². The number of carboxylic acid groups (broad SMARTS) is 2. The van der Waals surface area contributed by atoms with Crippen molar-refractivity contribution in [1.82, 2.24) is 0 Å². The van der Waals surface area contributed by atoms with Gasteiger partial charge in [0.1, 0.15) is 0 Å². The van der Waals surface area contributed by atoms with Gasteiger partial charge in [-0.1, -0.05) is 126 Å². The van der Waals surface area contributed by atoms with Crippen molar-refractivity contribution in [3.05, 3.63) is 23.3 Å². The van der Waals surface area contributed by atoms with Gasteiger partial charge in [-0.3, -0.25) is 19.2 Å². The summed E-state index contributed by atoms with van der Waals surface area (Å²) in [6.45, 7) is 4.52. The molecule has 304 valence electrons. The number of hydrogen-bond donors (Lipinski definition) is 2. The summed E-state index contributed by atoms with van der Waals surface area (Å²) in [6, 6.07) is 0. The van der Waals surface area contributed by atoms with E-state index in [4.69, 9.17) is 10.2 Å². The quantitative estimate of drug-likeness (QED) is 0.0370. The Morgan fingerprint density at radius 1 is 0.365 bits per heavy atom. The Bertz CT molecular complexity index is 851. The average Bonchev–Trinajstić information content (AvgIpc) is 3.12. The summed E-state index contributed by atoms with van der Waals surface area (Å²) in [7, 11) is 2.90. The lowest BCUT2D eigenvalue weighted by molar-refractivity contribution is -0.141. The van der Waals surface area contributed by atoms with E-state index in [1.165, 1.54) is 141 Å². The fourth-order valence-electron chi connectivity index (χ4n) is 6.09. The molecule has 0 saturated heterocycles. The van der Waals surface area contributed by atoms with Crippen LogP contribution >= 0.6 is 0 Å². The van der Waals surface area contributed by atoms with Crippen LogP contribution in [0.3, 0.4) is 0 Å². The lowest BCUT2D eigenvalue weighted by atomic mass is 9.98. The van der Waals surface area contributed by atoms with Gasteiger partial charge in [-0.25, -0.2) is 0 Å². The number of carboxylic acids is 2. The number of carbonyl (C=O) groups is 4. The normalized spacial score (nSPS) is 11.5. The SMILES string of the molecule is CC(CCCCCCCCC(=O)O)=C(C)CCCCCCCCC(=O)O.COC(=O)CCCCCCCCC=CCCCCCCCCC(=O)OC. The van der Waals surface area contributed by atoms with Gasteiger partial charge >= 0.3 is 23.9 Å². The zero-order chi connectivity index (χ0) is 38.9. The van der Waals surface area contributed by atoms with E-state index < -0.39 is 11.9 Å². The minimum absolute atomic E-state index is 0.0892. The molecule has 8 heteroatoms. The maximum atomic E-state index is 11.0. The summed E-state index contributed by atoms with van der Waals surface area (Å²) in [6.07, 6.45) is 38.8. The second-order valence-corrected chi connectivity index (χ2v) is 14.5. The van der Waals surface area contributed by atoms with Gasteiger partial charge in [-0.15, -0.1) is 0 Å². The largest absolute Gasteiger partial charge is 0.481 e. The van der Waals surface area contributed by atoms with Gasteiger partial charge in [-0.05, 0) is 90.9 Å². The van der Waals surface area contributed by atoms with Gasteiger partial charge in [0, 0.05) is 25.7 Å². The average molecular weight is 737 g/mol. The van der Waals surface area contributed by atoms with E-state index in [1.54, 1.807) is 0 Å². The lowest BCUT2D eigenvalue weighted by Gasteiger charge is -2.08. The molecule has 0 bridgehead atoms. The maximum Gasteiger partial charge on any atom is 0.305 e. The summed E-state index contributed by atoms with van der Waals surface area (Å²) < 4.78 is 9.26. The lowest BCUT2D eigenvalue weighted by Crippen LogP contribution is -1.99. The zero-order valence-electron chi connectivity index (χ0n) is 34.1. The predicted molar refractivity (Wildman–Crippen MR) is 215 cm³/mol. The molecule has 0 heterocycles. The van der Waals surface area contributed by atoms with Crippen molar-refractivity contribution in [3.63, 3.8) is 0 Å². The van der Waals surface area contributed by atoms with Crippen molar-refractivity contribution in [2.75, 3.05) is 14.2 Å². The van der Waals surface area contributed by atoms with Crippen LogP contribution in [-0.4, -0.2) is 48.3 Å². The van der Waals surface area contributed by atoms with E-state index in [9.17, 15) is 19.2 Å². The molecular formula is C44H80O8. The first-order valence-corrected chi connectivity index (χ1v) is 21.0. The van der Waals surface area contributed by atoms with Crippen LogP contribution in [0, 0.1) is 0 Å². The smallest absolute Gasteiger partial charge is 0.305 e. The van der Waals surface area contributed by atoms with Gasteiger partial charge in [0.25, 0.3) is 0 Å². The van der Waals surface area contributed by atoms with Crippen LogP contribution in [0.15, 0.2) is 23.3 Å². The third kappa shape index (κ3) is 43.5. The molecule has 0 rings (SSSR count). The summed E-state index contributed by atoms with van der Waals surface area (Å²) in [5.74, 6) is -1.54. The molecule has 0 radical (unpaired) electrons. The molecule has 0 aliphatic heterocycles.